The van der Waals surface area contributed by atoms with Gasteiger partial charge in [-0.25, -0.2) is 9.59 Å². The molecule has 0 saturated heterocycles. The summed E-state index contributed by atoms with van der Waals surface area (Å²) >= 11 is 0. The van der Waals surface area contributed by atoms with E-state index in [1.54, 1.807) is 0 Å². The molecule has 2 fully saturated rings. The van der Waals surface area contributed by atoms with Crippen molar-refractivity contribution in [2.75, 3.05) is 10.6 Å². The van der Waals surface area contributed by atoms with Crippen LogP contribution in [0.1, 0.15) is 79.1 Å². The Balaban J connectivity index is 1.42. The average Bonchev–Trinajstić information content (AvgIpc) is 2.86. The molecular formula is C30H42N2O6. The highest BCUT2D eigenvalue weighted by Crippen LogP contribution is 2.31. The number of anilines is 2. The molecule has 8 nitrogen and oxygen atoms in total. The zero-order valence-corrected chi connectivity index (χ0v) is 23.0. The van der Waals surface area contributed by atoms with Crippen LogP contribution in [-0.4, -0.2) is 48.8 Å². The van der Waals surface area contributed by atoms with Crippen LogP contribution in [0.15, 0.2) is 36.4 Å². The van der Waals surface area contributed by atoms with Crippen molar-refractivity contribution in [2.45, 2.75) is 116 Å². The Morgan fingerprint density at radius 3 is 1.37 bits per heavy atom. The van der Waals surface area contributed by atoms with Gasteiger partial charge in [0.25, 0.3) is 0 Å². The number of ether oxygens (including phenoxy) is 4. The molecule has 0 heterocycles. The van der Waals surface area contributed by atoms with Gasteiger partial charge in [0.05, 0.1) is 35.8 Å². The van der Waals surface area contributed by atoms with Crippen LogP contribution in [0.5, 0.6) is 0 Å². The maximum Gasteiger partial charge on any atom is 0.412 e. The summed E-state index contributed by atoms with van der Waals surface area (Å²) in [5.74, 6) is 0. The number of carbonyl (C=O) groups is 2. The van der Waals surface area contributed by atoms with Gasteiger partial charge in [0, 0.05) is 10.8 Å². The first-order valence-corrected chi connectivity index (χ1v) is 14.1. The van der Waals surface area contributed by atoms with E-state index in [0.29, 0.717) is 11.4 Å². The molecule has 0 bridgehead atoms. The molecule has 4 atom stereocenters. The first-order valence-electron chi connectivity index (χ1n) is 14.1. The summed E-state index contributed by atoms with van der Waals surface area (Å²) < 4.78 is 23.6. The molecule has 2 aliphatic rings. The van der Waals surface area contributed by atoms with Crippen molar-refractivity contribution in [3.63, 3.8) is 0 Å². The highest BCUT2D eigenvalue weighted by atomic mass is 16.6. The zero-order valence-electron chi connectivity index (χ0n) is 23.0. The van der Waals surface area contributed by atoms with E-state index in [1.165, 1.54) is 0 Å². The van der Waals surface area contributed by atoms with E-state index in [-0.39, 0.29) is 36.6 Å². The van der Waals surface area contributed by atoms with Crippen molar-refractivity contribution in [2.24, 2.45) is 0 Å². The topological polar surface area (TPSA) is 95.1 Å². The summed E-state index contributed by atoms with van der Waals surface area (Å²) in [6.45, 7) is 7.98. The quantitative estimate of drug-likeness (QED) is 0.372. The van der Waals surface area contributed by atoms with Crippen molar-refractivity contribution in [3.8, 4) is 0 Å². The fourth-order valence-corrected chi connectivity index (χ4v) is 5.49. The third kappa shape index (κ3) is 7.60. The molecule has 208 valence electrons. The summed E-state index contributed by atoms with van der Waals surface area (Å²) in [6.07, 6.45) is 5.98. The number of rotatable bonds is 8. The van der Waals surface area contributed by atoms with Gasteiger partial charge in [0.15, 0.2) is 0 Å². The number of benzene rings is 2. The first-order chi connectivity index (χ1) is 18.3. The van der Waals surface area contributed by atoms with E-state index in [0.717, 1.165) is 62.1 Å². The minimum atomic E-state index is -0.506. The summed E-state index contributed by atoms with van der Waals surface area (Å²) in [5, 5.41) is 7.38. The highest BCUT2D eigenvalue weighted by Gasteiger charge is 2.31. The number of amides is 2. The molecule has 4 unspecified atom stereocenters. The second-order valence-electron chi connectivity index (χ2n) is 10.9. The van der Waals surface area contributed by atoms with Gasteiger partial charge in [-0.15, -0.1) is 0 Å². The molecule has 0 aromatic heterocycles. The fraction of sp³-hybridized carbons (Fsp3) is 0.600. The van der Waals surface area contributed by atoms with Crippen LogP contribution in [-0.2, 0) is 18.9 Å². The lowest BCUT2D eigenvalue weighted by molar-refractivity contribution is -0.0843. The maximum absolute atomic E-state index is 12.9. The number of carbonyl (C=O) groups excluding carboxylic acids is 2. The number of nitrogens with one attached hydrogen (secondary N) is 2. The molecule has 0 aliphatic heterocycles. The Bertz CT molecular complexity index is 1000. The van der Waals surface area contributed by atoms with E-state index in [9.17, 15) is 9.59 Å². The average molecular weight is 527 g/mol. The molecule has 2 N–H and O–H groups in total. The van der Waals surface area contributed by atoms with Crippen LogP contribution in [0.2, 0.25) is 0 Å². The van der Waals surface area contributed by atoms with E-state index in [2.05, 4.69) is 10.6 Å². The summed E-state index contributed by atoms with van der Waals surface area (Å²) in [7, 11) is 0. The monoisotopic (exact) mass is 526 g/mol. The molecule has 2 saturated carbocycles. The van der Waals surface area contributed by atoms with Crippen LogP contribution in [0.25, 0.3) is 10.8 Å². The lowest BCUT2D eigenvalue weighted by atomic mass is 9.94. The Kier molecular flexibility index (Phi) is 9.86. The van der Waals surface area contributed by atoms with Gasteiger partial charge in [-0.1, -0.05) is 37.1 Å². The zero-order chi connectivity index (χ0) is 27.1. The molecule has 2 aromatic carbocycles. The standard InChI is InChI=1S/C30H42N2O6/c1-19(2)35-25-15-5-7-17-27(25)37-29(33)31-23-13-9-12-22-21(23)11-10-14-24(22)32-30(34)38-28-18-8-6-16-26(28)36-20(3)4/h9-14,19-20,25-28H,5-8,15-18H2,1-4H3,(H,31,33)(H,32,34). The lowest BCUT2D eigenvalue weighted by Gasteiger charge is -2.32. The van der Waals surface area contributed by atoms with E-state index in [1.807, 2.05) is 64.1 Å². The largest absolute Gasteiger partial charge is 0.443 e. The molecule has 0 radical (unpaired) electrons. The van der Waals surface area contributed by atoms with Gasteiger partial charge < -0.3 is 18.9 Å². The second-order valence-corrected chi connectivity index (χ2v) is 10.9. The third-order valence-corrected chi connectivity index (χ3v) is 7.09. The summed E-state index contributed by atoms with van der Waals surface area (Å²) in [4.78, 5) is 25.7. The maximum atomic E-state index is 12.9. The molecule has 0 spiro atoms. The van der Waals surface area contributed by atoms with E-state index < -0.39 is 12.2 Å². The highest BCUT2D eigenvalue weighted by molar-refractivity contribution is 6.07. The molecule has 2 aromatic rings. The van der Waals surface area contributed by atoms with Crippen molar-refractivity contribution >= 4 is 34.3 Å². The van der Waals surface area contributed by atoms with Crippen molar-refractivity contribution in [1.82, 2.24) is 0 Å². The Hall–Kier alpha value is -2.84. The van der Waals surface area contributed by atoms with Gasteiger partial charge in [0.2, 0.25) is 0 Å². The minimum absolute atomic E-state index is 0.0784. The normalized spacial score (nSPS) is 23.8. The predicted molar refractivity (Wildman–Crippen MR) is 149 cm³/mol. The molecule has 38 heavy (non-hydrogen) atoms. The van der Waals surface area contributed by atoms with Crippen LogP contribution in [0.4, 0.5) is 21.0 Å². The SMILES string of the molecule is CC(C)OC1CCCCC1OC(=O)Nc1cccc2c(NC(=O)OC3CCCCC3OC(C)C)cccc12. The summed E-state index contributed by atoms with van der Waals surface area (Å²) in [5.41, 5.74) is 1.22. The number of hydrogen-bond donors (Lipinski definition) is 2. The van der Waals surface area contributed by atoms with E-state index in [4.69, 9.17) is 18.9 Å². The second kappa shape index (κ2) is 13.3. The molecule has 4 rings (SSSR count). The molecule has 2 amide bonds. The van der Waals surface area contributed by atoms with E-state index >= 15 is 0 Å². The van der Waals surface area contributed by atoms with Gasteiger partial charge >= 0.3 is 12.2 Å². The smallest absolute Gasteiger partial charge is 0.412 e. The Labute approximate surface area is 225 Å². The fourth-order valence-electron chi connectivity index (χ4n) is 5.49. The molecule has 8 heteroatoms. The molecular weight excluding hydrogens is 484 g/mol. The van der Waals surface area contributed by atoms with Gasteiger partial charge in [-0.3, -0.25) is 10.6 Å². The van der Waals surface area contributed by atoms with Crippen LogP contribution >= 0.6 is 0 Å². The van der Waals surface area contributed by atoms with Gasteiger partial charge in [0.1, 0.15) is 12.2 Å². The summed E-state index contributed by atoms with van der Waals surface area (Å²) in [6, 6.07) is 11.1. The van der Waals surface area contributed by atoms with Gasteiger partial charge in [-0.05, 0) is 78.4 Å². The molecule has 2 aliphatic carbocycles. The number of fused-ring (bicyclic) bond motifs is 1. The van der Waals surface area contributed by atoms with Crippen LogP contribution in [0, 0.1) is 0 Å². The Morgan fingerprint density at radius 2 is 1.00 bits per heavy atom. The Morgan fingerprint density at radius 1 is 0.632 bits per heavy atom. The predicted octanol–water partition coefficient (Wildman–Crippen LogP) is 7.41. The third-order valence-electron chi connectivity index (χ3n) is 7.09. The minimum Gasteiger partial charge on any atom is -0.443 e. The lowest BCUT2D eigenvalue weighted by Crippen LogP contribution is -2.38. The van der Waals surface area contributed by atoms with Crippen molar-refractivity contribution < 1.29 is 28.5 Å². The van der Waals surface area contributed by atoms with Gasteiger partial charge in [-0.2, -0.15) is 0 Å². The first kappa shape index (κ1) is 28.2. The number of hydrogen-bond acceptors (Lipinski definition) is 6. The van der Waals surface area contributed by atoms with Crippen LogP contribution in [0.3, 0.4) is 0 Å². The van der Waals surface area contributed by atoms with Crippen molar-refractivity contribution in [1.29, 1.82) is 0 Å². The van der Waals surface area contributed by atoms with Crippen molar-refractivity contribution in [3.05, 3.63) is 36.4 Å². The van der Waals surface area contributed by atoms with Crippen LogP contribution < -0.4 is 10.6 Å².